The van der Waals surface area contributed by atoms with Crippen LogP contribution in [0.15, 0.2) is 36.4 Å². The lowest BCUT2D eigenvalue weighted by molar-refractivity contribution is 0.589. The summed E-state index contributed by atoms with van der Waals surface area (Å²) >= 11 is 0. The minimum Gasteiger partial charge on any atom is -0.0587 e. The molecule has 0 bridgehead atoms. The SMILES string of the molecule is Cc1cc(C(C)(C)C)cc(C)c1-c1ccc(C(C)C)cc1. The van der Waals surface area contributed by atoms with Crippen molar-refractivity contribution in [3.8, 4) is 11.1 Å². The zero-order valence-electron chi connectivity index (χ0n) is 14.5. The van der Waals surface area contributed by atoms with E-state index in [2.05, 4.69) is 84.9 Å². The fourth-order valence-electron chi connectivity index (χ4n) is 2.89. The van der Waals surface area contributed by atoms with Gasteiger partial charge in [-0.15, -0.1) is 0 Å². The molecule has 0 saturated heterocycles. The Bertz CT molecular complexity index is 599. The van der Waals surface area contributed by atoms with Crippen LogP contribution in [-0.4, -0.2) is 0 Å². The molecule has 0 unspecified atom stereocenters. The second kappa shape index (κ2) is 5.67. The Morgan fingerprint density at radius 2 is 1.29 bits per heavy atom. The zero-order chi connectivity index (χ0) is 15.8. The molecular weight excluding hydrogens is 252 g/mol. The van der Waals surface area contributed by atoms with Crippen molar-refractivity contribution in [1.82, 2.24) is 0 Å². The van der Waals surface area contributed by atoms with Crippen molar-refractivity contribution >= 4 is 0 Å². The van der Waals surface area contributed by atoms with Gasteiger partial charge in [0, 0.05) is 0 Å². The van der Waals surface area contributed by atoms with Gasteiger partial charge in [-0.2, -0.15) is 0 Å². The van der Waals surface area contributed by atoms with Gasteiger partial charge < -0.3 is 0 Å². The molecule has 0 aliphatic heterocycles. The van der Waals surface area contributed by atoms with E-state index in [0.29, 0.717) is 5.92 Å². The van der Waals surface area contributed by atoms with Crippen molar-refractivity contribution < 1.29 is 0 Å². The molecular formula is C21H28. The van der Waals surface area contributed by atoms with E-state index in [0.717, 1.165) is 0 Å². The van der Waals surface area contributed by atoms with Crippen LogP contribution in [0.2, 0.25) is 0 Å². The highest BCUT2D eigenvalue weighted by Gasteiger charge is 2.16. The van der Waals surface area contributed by atoms with Gasteiger partial charge in [-0.3, -0.25) is 0 Å². The highest BCUT2D eigenvalue weighted by atomic mass is 14.2. The maximum atomic E-state index is 2.35. The van der Waals surface area contributed by atoms with Crippen molar-refractivity contribution in [2.45, 2.75) is 59.8 Å². The number of rotatable bonds is 2. The summed E-state index contributed by atoms with van der Waals surface area (Å²) in [6.45, 7) is 15.8. The summed E-state index contributed by atoms with van der Waals surface area (Å²) in [7, 11) is 0. The van der Waals surface area contributed by atoms with Crippen LogP contribution in [-0.2, 0) is 5.41 Å². The van der Waals surface area contributed by atoms with E-state index >= 15 is 0 Å². The molecule has 0 amide bonds. The summed E-state index contributed by atoms with van der Waals surface area (Å²) in [5, 5.41) is 0. The predicted molar refractivity (Wildman–Crippen MR) is 94.1 cm³/mol. The average Bonchev–Trinajstić information content (AvgIpc) is 2.37. The Morgan fingerprint density at radius 3 is 1.67 bits per heavy atom. The van der Waals surface area contributed by atoms with Crippen molar-refractivity contribution in [2.24, 2.45) is 0 Å². The molecule has 2 aromatic carbocycles. The summed E-state index contributed by atoms with van der Waals surface area (Å²) in [5.41, 5.74) is 8.48. The van der Waals surface area contributed by atoms with Crippen molar-refractivity contribution in [1.29, 1.82) is 0 Å². The topological polar surface area (TPSA) is 0 Å². The molecule has 0 saturated carbocycles. The van der Waals surface area contributed by atoms with E-state index in [1.165, 1.54) is 33.4 Å². The molecule has 2 aromatic rings. The molecule has 0 spiro atoms. The van der Waals surface area contributed by atoms with Crippen molar-refractivity contribution in [3.05, 3.63) is 58.7 Å². The summed E-state index contributed by atoms with van der Waals surface area (Å²) in [4.78, 5) is 0. The molecule has 0 heteroatoms. The van der Waals surface area contributed by atoms with E-state index < -0.39 is 0 Å². The summed E-state index contributed by atoms with van der Waals surface area (Å²) in [5.74, 6) is 0.588. The van der Waals surface area contributed by atoms with Gasteiger partial charge in [-0.25, -0.2) is 0 Å². The van der Waals surface area contributed by atoms with E-state index in [9.17, 15) is 0 Å². The average molecular weight is 280 g/mol. The van der Waals surface area contributed by atoms with E-state index in [4.69, 9.17) is 0 Å². The molecule has 0 radical (unpaired) electrons. The van der Waals surface area contributed by atoms with Gasteiger partial charge in [0.15, 0.2) is 0 Å². The highest BCUT2D eigenvalue weighted by molar-refractivity contribution is 5.71. The third-order valence-corrected chi connectivity index (χ3v) is 4.26. The van der Waals surface area contributed by atoms with E-state index in [-0.39, 0.29) is 5.41 Å². The van der Waals surface area contributed by atoms with Gasteiger partial charge in [0.2, 0.25) is 0 Å². The Balaban J connectivity index is 2.49. The minimum absolute atomic E-state index is 0.204. The first-order valence-electron chi connectivity index (χ1n) is 7.92. The molecule has 0 fully saturated rings. The molecule has 0 atom stereocenters. The van der Waals surface area contributed by atoms with Gasteiger partial charge in [0.25, 0.3) is 0 Å². The lowest BCUT2D eigenvalue weighted by atomic mass is 9.82. The van der Waals surface area contributed by atoms with Gasteiger partial charge in [0.1, 0.15) is 0 Å². The van der Waals surface area contributed by atoms with Crippen LogP contribution in [0, 0.1) is 13.8 Å². The van der Waals surface area contributed by atoms with Crippen LogP contribution in [0.5, 0.6) is 0 Å². The Kier molecular flexibility index (Phi) is 4.27. The normalized spacial score (nSPS) is 12.0. The first-order chi connectivity index (χ1) is 9.70. The number of benzene rings is 2. The molecule has 0 aliphatic carbocycles. The zero-order valence-corrected chi connectivity index (χ0v) is 14.5. The van der Waals surface area contributed by atoms with Crippen LogP contribution < -0.4 is 0 Å². The van der Waals surface area contributed by atoms with E-state index in [1.807, 2.05) is 0 Å². The molecule has 21 heavy (non-hydrogen) atoms. The van der Waals surface area contributed by atoms with Gasteiger partial charge >= 0.3 is 0 Å². The number of hydrogen-bond donors (Lipinski definition) is 0. The molecule has 2 rings (SSSR count). The molecule has 0 nitrogen and oxygen atoms in total. The number of aryl methyl sites for hydroxylation is 2. The van der Waals surface area contributed by atoms with Crippen LogP contribution in [0.4, 0.5) is 0 Å². The van der Waals surface area contributed by atoms with Crippen LogP contribution in [0.25, 0.3) is 11.1 Å². The molecule has 0 aliphatic rings. The fourth-order valence-corrected chi connectivity index (χ4v) is 2.89. The molecule has 0 N–H and O–H groups in total. The second-order valence-electron chi connectivity index (χ2n) is 7.51. The summed E-state index contributed by atoms with van der Waals surface area (Å²) in [6, 6.07) is 13.7. The van der Waals surface area contributed by atoms with Gasteiger partial charge in [-0.1, -0.05) is 71.0 Å². The summed E-state index contributed by atoms with van der Waals surface area (Å²) in [6.07, 6.45) is 0. The van der Waals surface area contributed by atoms with E-state index in [1.54, 1.807) is 0 Å². The number of hydrogen-bond acceptors (Lipinski definition) is 0. The quantitative estimate of drug-likeness (QED) is 0.597. The van der Waals surface area contributed by atoms with Gasteiger partial charge in [-0.05, 0) is 58.6 Å². The standard InChI is InChI=1S/C21H28/c1-14(2)17-8-10-18(11-9-17)20-15(3)12-19(13-16(20)4)21(5,6)7/h8-14H,1-7H3. The maximum absolute atomic E-state index is 2.35. The second-order valence-corrected chi connectivity index (χ2v) is 7.51. The van der Waals surface area contributed by atoms with Gasteiger partial charge in [0.05, 0.1) is 0 Å². The Hall–Kier alpha value is -1.56. The lowest BCUT2D eigenvalue weighted by Gasteiger charge is -2.22. The molecule has 0 heterocycles. The molecule has 0 aromatic heterocycles. The first-order valence-corrected chi connectivity index (χ1v) is 7.92. The third-order valence-electron chi connectivity index (χ3n) is 4.26. The van der Waals surface area contributed by atoms with Crippen LogP contribution in [0.1, 0.15) is 62.8 Å². The van der Waals surface area contributed by atoms with Crippen molar-refractivity contribution in [2.75, 3.05) is 0 Å². The molecule has 112 valence electrons. The first kappa shape index (κ1) is 15.8. The Labute approximate surface area is 130 Å². The lowest BCUT2D eigenvalue weighted by Crippen LogP contribution is -2.12. The monoisotopic (exact) mass is 280 g/mol. The van der Waals surface area contributed by atoms with Crippen LogP contribution in [0.3, 0.4) is 0 Å². The maximum Gasteiger partial charge on any atom is -0.0125 e. The smallest absolute Gasteiger partial charge is 0.0125 e. The third kappa shape index (κ3) is 3.37. The minimum atomic E-state index is 0.204. The van der Waals surface area contributed by atoms with Crippen molar-refractivity contribution in [3.63, 3.8) is 0 Å². The fraction of sp³-hybridized carbons (Fsp3) is 0.429. The predicted octanol–water partition coefficient (Wildman–Crippen LogP) is 6.39. The Morgan fingerprint density at radius 1 is 0.810 bits per heavy atom. The summed E-state index contributed by atoms with van der Waals surface area (Å²) < 4.78 is 0. The van der Waals surface area contributed by atoms with Crippen LogP contribution >= 0.6 is 0 Å². The largest absolute Gasteiger partial charge is 0.0587 e. The highest BCUT2D eigenvalue weighted by Crippen LogP contribution is 2.33.